The van der Waals surface area contributed by atoms with Gasteiger partial charge in [0.05, 0.1) is 6.61 Å². The van der Waals surface area contributed by atoms with Crippen molar-refractivity contribution in [2.45, 2.75) is 38.3 Å². The lowest BCUT2D eigenvalue weighted by Crippen LogP contribution is -2.34. The molecule has 2 rings (SSSR count). The molecule has 0 spiro atoms. The Kier molecular flexibility index (Phi) is 5.37. The van der Waals surface area contributed by atoms with Crippen molar-refractivity contribution in [1.82, 2.24) is 10.2 Å². The number of nitrogens with one attached hydrogen (secondary N) is 1. The van der Waals surface area contributed by atoms with E-state index in [2.05, 4.69) is 41.4 Å². The summed E-state index contributed by atoms with van der Waals surface area (Å²) < 4.78 is 0. The first-order valence-corrected chi connectivity index (χ1v) is 7.33. The Bertz CT molecular complexity index is 377. The van der Waals surface area contributed by atoms with Crippen LogP contribution in [0.3, 0.4) is 0 Å². The van der Waals surface area contributed by atoms with Crippen molar-refractivity contribution < 1.29 is 5.11 Å². The molecule has 0 aromatic heterocycles. The fourth-order valence-corrected chi connectivity index (χ4v) is 2.97. The van der Waals surface area contributed by atoms with E-state index >= 15 is 0 Å². The molecule has 1 aliphatic rings. The third-order valence-corrected chi connectivity index (χ3v) is 4.24. The largest absolute Gasteiger partial charge is 0.395 e. The van der Waals surface area contributed by atoms with Gasteiger partial charge in [0.25, 0.3) is 0 Å². The van der Waals surface area contributed by atoms with E-state index in [0.29, 0.717) is 18.7 Å². The highest BCUT2D eigenvalue weighted by molar-refractivity contribution is 5.24. The molecule has 3 nitrogen and oxygen atoms in total. The molecule has 1 aromatic carbocycles. The normalized spacial score (nSPS) is 21.7. The summed E-state index contributed by atoms with van der Waals surface area (Å²) in [7, 11) is 2.03. The second-order valence-electron chi connectivity index (χ2n) is 5.56. The van der Waals surface area contributed by atoms with Gasteiger partial charge in [0.15, 0.2) is 0 Å². The molecule has 1 aliphatic heterocycles. The van der Waals surface area contributed by atoms with Gasteiger partial charge >= 0.3 is 0 Å². The lowest BCUT2D eigenvalue weighted by Gasteiger charge is -2.25. The molecule has 0 saturated carbocycles. The Morgan fingerprint density at radius 2 is 2.11 bits per heavy atom. The molecule has 3 heteroatoms. The molecule has 2 unspecified atom stereocenters. The molecule has 1 fully saturated rings. The number of benzene rings is 1. The SMILES string of the molecule is CNC(CCN1CCCC1CO)c1ccc(C)cc1. The standard InChI is InChI=1S/C16H26N2O/c1-13-5-7-14(8-6-13)16(17-2)9-11-18-10-3-4-15(18)12-19/h5-8,15-17,19H,3-4,9-12H2,1-2H3. The monoisotopic (exact) mass is 262 g/mol. The number of likely N-dealkylation sites (tertiary alicyclic amines) is 1. The molecule has 106 valence electrons. The molecule has 19 heavy (non-hydrogen) atoms. The van der Waals surface area contributed by atoms with Gasteiger partial charge in [0, 0.05) is 18.6 Å². The topological polar surface area (TPSA) is 35.5 Å². The third kappa shape index (κ3) is 3.78. The molecule has 2 atom stereocenters. The Balaban J connectivity index is 1.90. The zero-order valence-electron chi connectivity index (χ0n) is 12.1. The van der Waals surface area contributed by atoms with Crippen LogP contribution in [0.25, 0.3) is 0 Å². The lowest BCUT2D eigenvalue weighted by molar-refractivity contribution is 0.154. The molecule has 0 amide bonds. The zero-order valence-corrected chi connectivity index (χ0v) is 12.1. The van der Waals surface area contributed by atoms with Crippen molar-refractivity contribution in [2.75, 3.05) is 26.7 Å². The zero-order chi connectivity index (χ0) is 13.7. The van der Waals surface area contributed by atoms with Gasteiger partial charge in [-0.3, -0.25) is 4.90 Å². The molecular formula is C16H26N2O. The fourth-order valence-electron chi connectivity index (χ4n) is 2.97. The van der Waals surface area contributed by atoms with E-state index in [1.807, 2.05) is 7.05 Å². The summed E-state index contributed by atoms with van der Waals surface area (Å²) in [5, 5.41) is 12.8. The molecule has 1 aromatic rings. The van der Waals surface area contributed by atoms with Crippen LogP contribution < -0.4 is 5.32 Å². The van der Waals surface area contributed by atoms with Crippen LogP contribution in [0, 0.1) is 6.92 Å². The van der Waals surface area contributed by atoms with Gasteiger partial charge in [-0.05, 0) is 45.3 Å². The average Bonchev–Trinajstić information content (AvgIpc) is 2.89. The minimum atomic E-state index is 0.300. The first kappa shape index (κ1) is 14.5. The molecule has 1 saturated heterocycles. The minimum absolute atomic E-state index is 0.300. The maximum absolute atomic E-state index is 9.35. The maximum Gasteiger partial charge on any atom is 0.0586 e. The highest BCUT2D eigenvalue weighted by Gasteiger charge is 2.24. The van der Waals surface area contributed by atoms with Crippen LogP contribution in [0.5, 0.6) is 0 Å². The summed E-state index contributed by atoms with van der Waals surface area (Å²) in [5.74, 6) is 0. The molecule has 0 aliphatic carbocycles. The quantitative estimate of drug-likeness (QED) is 0.824. The number of hydrogen-bond donors (Lipinski definition) is 2. The van der Waals surface area contributed by atoms with Crippen LogP contribution >= 0.6 is 0 Å². The Labute approximate surface area is 116 Å². The van der Waals surface area contributed by atoms with Gasteiger partial charge in [-0.1, -0.05) is 29.8 Å². The van der Waals surface area contributed by atoms with Crippen LogP contribution in [0.2, 0.25) is 0 Å². The van der Waals surface area contributed by atoms with Crippen LogP contribution in [0.15, 0.2) is 24.3 Å². The van der Waals surface area contributed by atoms with E-state index in [9.17, 15) is 5.11 Å². The fraction of sp³-hybridized carbons (Fsp3) is 0.625. The highest BCUT2D eigenvalue weighted by atomic mass is 16.3. The number of aliphatic hydroxyl groups excluding tert-OH is 1. The predicted molar refractivity (Wildman–Crippen MR) is 79.3 cm³/mol. The van der Waals surface area contributed by atoms with Gasteiger partial charge in [-0.25, -0.2) is 0 Å². The second kappa shape index (κ2) is 7.04. The number of rotatable bonds is 6. The van der Waals surface area contributed by atoms with Gasteiger partial charge < -0.3 is 10.4 Å². The summed E-state index contributed by atoms with van der Waals surface area (Å²) in [6, 6.07) is 9.56. The summed E-state index contributed by atoms with van der Waals surface area (Å²) in [6.07, 6.45) is 3.46. The number of aliphatic hydroxyl groups is 1. The van der Waals surface area contributed by atoms with E-state index < -0.39 is 0 Å². The molecule has 2 N–H and O–H groups in total. The van der Waals surface area contributed by atoms with E-state index in [0.717, 1.165) is 25.9 Å². The third-order valence-electron chi connectivity index (χ3n) is 4.24. The van der Waals surface area contributed by atoms with Crippen LogP contribution in [0.1, 0.15) is 36.4 Å². The average molecular weight is 262 g/mol. The summed E-state index contributed by atoms with van der Waals surface area (Å²) >= 11 is 0. The van der Waals surface area contributed by atoms with Gasteiger partial charge in [-0.15, -0.1) is 0 Å². The minimum Gasteiger partial charge on any atom is -0.395 e. The Morgan fingerprint density at radius 1 is 1.37 bits per heavy atom. The lowest BCUT2D eigenvalue weighted by atomic mass is 10.0. The van der Waals surface area contributed by atoms with E-state index in [-0.39, 0.29) is 0 Å². The van der Waals surface area contributed by atoms with E-state index in [4.69, 9.17) is 0 Å². The first-order valence-electron chi connectivity index (χ1n) is 7.33. The Morgan fingerprint density at radius 3 is 2.74 bits per heavy atom. The number of hydrogen-bond acceptors (Lipinski definition) is 3. The van der Waals surface area contributed by atoms with E-state index in [1.165, 1.54) is 17.5 Å². The van der Waals surface area contributed by atoms with Crippen molar-refractivity contribution in [3.8, 4) is 0 Å². The summed E-state index contributed by atoms with van der Waals surface area (Å²) in [5.41, 5.74) is 2.66. The predicted octanol–water partition coefficient (Wildman–Crippen LogP) is 2.10. The summed E-state index contributed by atoms with van der Waals surface area (Å²) in [4.78, 5) is 2.43. The molecule has 0 bridgehead atoms. The van der Waals surface area contributed by atoms with Crippen molar-refractivity contribution >= 4 is 0 Å². The molecular weight excluding hydrogens is 236 g/mol. The Hall–Kier alpha value is -0.900. The number of nitrogens with zero attached hydrogens (tertiary/aromatic N) is 1. The van der Waals surface area contributed by atoms with Crippen LogP contribution in [-0.2, 0) is 0 Å². The van der Waals surface area contributed by atoms with Crippen LogP contribution in [0.4, 0.5) is 0 Å². The molecule has 1 heterocycles. The maximum atomic E-state index is 9.35. The smallest absolute Gasteiger partial charge is 0.0586 e. The van der Waals surface area contributed by atoms with Gasteiger partial charge in [-0.2, -0.15) is 0 Å². The van der Waals surface area contributed by atoms with Gasteiger partial charge in [0.1, 0.15) is 0 Å². The highest BCUT2D eigenvalue weighted by Crippen LogP contribution is 2.21. The molecule has 0 radical (unpaired) electrons. The van der Waals surface area contributed by atoms with E-state index in [1.54, 1.807) is 0 Å². The van der Waals surface area contributed by atoms with Crippen molar-refractivity contribution in [2.24, 2.45) is 0 Å². The van der Waals surface area contributed by atoms with Crippen molar-refractivity contribution in [1.29, 1.82) is 0 Å². The van der Waals surface area contributed by atoms with Crippen molar-refractivity contribution in [3.05, 3.63) is 35.4 Å². The van der Waals surface area contributed by atoms with Crippen molar-refractivity contribution in [3.63, 3.8) is 0 Å². The second-order valence-corrected chi connectivity index (χ2v) is 5.56. The first-order chi connectivity index (χ1) is 9.24. The van der Waals surface area contributed by atoms with Gasteiger partial charge in [0.2, 0.25) is 0 Å². The van der Waals surface area contributed by atoms with Crippen LogP contribution in [-0.4, -0.2) is 42.8 Å². The number of aryl methyl sites for hydroxylation is 1. The summed E-state index contributed by atoms with van der Waals surface area (Å²) in [6.45, 7) is 4.61.